The fourth-order valence-corrected chi connectivity index (χ4v) is 2.96. The van der Waals surface area contributed by atoms with Gasteiger partial charge < -0.3 is 9.47 Å². The number of ether oxygens (including phenoxy) is 2. The first-order valence-electron chi connectivity index (χ1n) is 9.73. The van der Waals surface area contributed by atoms with Crippen LogP contribution < -0.4 is 0 Å². The van der Waals surface area contributed by atoms with E-state index in [1.54, 1.807) is 26.0 Å². The largest absolute Gasteiger partial charge is 0.466 e. The number of hydrogen-bond donors (Lipinski definition) is 0. The van der Waals surface area contributed by atoms with E-state index in [1.165, 1.54) is 0 Å². The molecule has 0 aliphatic heterocycles. The van der Waals surface area contributed by atoms with Crippen molar-refractivity contribution in [1.82, 2.24) is 0 Å². The van der Waals surface area contributed by atoms with Gasteiger partial charge in [0.25, 0.3) is 0 Å². The molecule has 0 spiro atoms. The van der Waals surface area contributed by atoms with Crippen molar-refractivity contribution in [3.8, 4) is 0 Å². The molecule has 2 unspecified atom stereocenters. The average molecular weight is 380 g/mol. The highest BCUT2D eigenvalue weighted by atomic mass is 16.5. The molecule has 0 fully saturated rings. The molecule has 0 N–H and O–H groups in total. The zero-order chi connectivity index (χ0) is 20.2. The third-order valence-electron chi connectivity index (χ3n) is 4.35. The first-order valence-corrected chi connectivity index (χ1v) is 9.73. The summed E-state index contributed by atoms with van der Waals surface area (Å²) < 4.78 is 10.5. The number of esters is 2. The molecule has 4 heteroatoms. The molecule has 0 aliphatic rings. The number of carbonyl (C=O) groups excluding carboxylic acids is 2. The van der Waals surface area contributed by atoms with Crippen molar-refractivity contribution >= 4 is 11.9 Å². The van der Waals surface area contributed by atoms with Crippen LogP contribution in [0.5, 0.6) is 0 Å². The van der Waals surface area contributed by atoms with Gasteiger partial charge in [-0.25, -0.2) is 0 Å². The van der Waals surface area contributed by atoms with Crippen molar-refractivity contribution in [2.24, 2.45) is 11.8 Å². The summed E-state index contributed by atoms with van der Waals surface area (Å²) in [6.07, 6.45) is 4.62. The SMILES string of the molecule is CCOC(=O)C(/C=C/C(Cc1ccccc1)C(=O)OCC)Cc1ccccc1. The van der Waals surface area contributed by atoms with Crippen molar-refractivity contribution < 1.29 is 19.1 Å². The predicted molar refractivity (Wildman–Crippen MR) is 110 cm³/mol. The van der Waals surface area contributed by atoms with E-state index in [0.29, 0.717) is 26.1 Å². The fraction of sp³-hybridized carbons (Fsp3) is 0.333. The third-order valence-corrected chi connectivity index (χ3v) is 4.35. The van der Waals surface area contributed by atoms with E-state index in [1.807, 2.05) is 60.7 Å². The summed E-state index contributed by atoms with van der Waals surface area (Å²) in [6.45, 7) is 4.22. The van der Waals surface area contributed by atoms with Crippen LogP contribution in [0.3, 0.4) is 0 Å². The van der Waals surface area contributed by atoms with Gasteiger partial charge in [-0.05, 0) is 37.8 Å². The first-order chi connectivity index (χ1) is 13.6. The van der Waals surface area contributed by atoms with Crippen molar-refractivity contribution in [3.05, 3.63) is 83.9 Å². The molecule has 0 aliphatic carbocycles. The minimum atomic E-state index is -0.449. The molecule has 4 nitrogen and oxygen atoms in total. The lowest BCUT2D eigenvalue weighted by molar-refractivity contribution is -0.147. The van der Waals surface area contributed by atoms with Crippen molar-refractivity contribution in [1.29, 1.82) is 0 Å². The van der Waals surface area contributed by atoms with Crippen LogP contribution in [-0.2, 0) is 31.9 Å². The normalized spacial score (nSPS) is 13.1. The monoisotopic (exact) mass is 380 g/mol. The van der Waals surface area contributed by atoms with Gasteiger partial charge in [-0.3, -0.25) is 9.59 Å². The highest BCUT2D eigenvalue weighted by molar-refractivity contribution is 5.77. The van der Waals surface area contributed by atoms with Gasteiger partial charge in [0.1, 0.15) is 0 Å². The average Bonchev–Trinajstić information content (AvgIpc) is 2.72. The Kier molecular flexibility index (Phi) is 8.99. The Morgan fingerprint density at radius 3 is 1.39 bits per heavy atom. The Hall–Kier alpha value is -2.88. The lowest BCUT2D eigenvalue weighted by atomic mass is 9.94. The van der Waals surface area contributed by atoms with E-state index in [9.17, 15) is 9.59 Å². The number of benzene rings is 2. The molecule has 2 aromatic carbocycles. The molecule has 0 saturated heterocycles. The molecule has 148 valence electrons. The van der Waals surface area contributed by atoms with Crippen LogP contribution in [0.1, 0.15) is 25.0 Å². The number of rotatable bonds is 10. The van der Waals surface area contributed by atoms with E-state index in [4.69, 9.17) is 9.47 Å². The standard InChI is InChI=1S/C24H28O4/c1-3-27-23(25)21(17-19-11-7-5-8-12-19)15-16-22(24(26)28-4-2)18-20-13-9-6-10-14-20/h5-16,21-22H,3-4,17-18H2,1-2H3/b16-15+. The fourth-order valence-electron chi connectivity index (χ4n) is 2.96. The maximum absolute atomic E-state index is 12.4. The van der Waals surface area contributed by atoms with Crippen molar-refractivity contribution in [2.75, 3.05) is 13.2 Å². The topological polar surface area (TPSA) is 52.6 Å². The quantitative estimate of drug-likeness (QED) is 0.453. The Bertz CT molecular complexity index is 687. The van der Waals surface area contributed by atoms with Gasteiger partial charge in [-0.2, -0.15) is 0 Å². The summed E-state index contributed by atoms with van der Waals surface area (Å²) in [5, 5.41) is 0. The molecule has 0 aromatic heterocycles. The summed E-state index contributed by atoms with van der Waals surface area (Å²) in [7, 11) is 0. The van der Waals surface area contributed by atoms with Crippen LogP contribution in [0.25, 0.3) is 0 Å². The molecule has 0 bridgehead atoms. The summed E-state index contributed by atoms with van der Waals surface area (Å²) in [6, 6.07) is 19.6. The van der Waals surface area contributed by atoms with Crippen LogP contribution in [0, 0.1) is 11.8 Å². The van der Waals surface area contributed by atoms with E-state index in [2.05, 4.69) is 0 Å². The Morgan fingerprint density at radius 1 is 0.714 bits per heavy atom. The van der Waals surface area contributed by atoms with Gasteiger partial charge >= 0.3 is 11.9 Å². The Morgan fingerprint density at radius 2 is 1.07 bits per heavy atom. The molecule has 2 rings (SSSR count). The van der Waals surface area contributed by atoms with Crippen molar-refractivity contribution in [3.63, 3.8) is 0 Å². The summed E-state index contributed by atoms with van der Waals surface area (Å²) in [4.78, 5) is 24.8. The van der Waals surface area contributed by atoms with Crippen LogP contribution in [0.2, 0.25) is 0 Å². The van der Waals surface area contributed by atoms with E-state index in [0.717, 1.165) is 11.1 Å². The lowest BCUT2D eigenvalue weighted by Crippen LogP contribution is -2.21. The number of carbonyl (C=O) groups is 2. The van der Waals surface area contributed by atoms with Crippen molar-refractivity contribution in [2.45, 2.75) is 26.7 Å². The molecule has 0 amide bonds. The highest BCUT2D eigenvalue weighted by Crippen LogP contribution is 2.17. The molecule has 0 saturated carbocycles. The van der Waals surface area contributed by atoms with Crippen LogP contribution in [0.4, 0.5) is 0 Å². The first kappa shape index (κ1) is 21.4. The molecule has 0 heterocycles. The highest BCUT2D eigenvalue weighted by Gasteiger charge is 2.21. The minimum Gasteiger partial charge on any atom is -0.466 e. The molecule has 28 heavy (non-hydrogen) atoms. The summed E-state index contributed by atoms with van der Waals surface area (Å²) in [5.41, 5.74) is 2.09. The van der Waals surface area contributed by atoms with Gasteiger partial charge in [-0.15, -0.1) is 0 Å². The third kappa shape index (κ3) is 7.03. The second kappa shape index (κ2) is 11.8. The van der Waals surface area contributed by atoms with Crippen LogP contribution in [-0.4, -0.2) is 25.2 Å². The van der Waals surface area contributed by atoms with Gasteiger partial charge in [0.15, 0.2) is 0 Å². The smallest absolute Gasteiger partial charge is 0.313 e. The van der Waals surface area contributed by atoms with Gasteiger partial charge in [0.2, 0.25) is 0 Å². The summed E-state index contributed by atoms with van der Waals surface area (Å²) in [5.74, 6) is -1.47. The zero-order valence-corrected chi connectivity index (χ0v) is 16.5. The molecular formula is C24H28O4. The Labute approximate surface area is 167 Å². The van der Waals surface area contributed by atoms with Crippen LogP contribution >= 0.6 is 0 Å². The van der Waals surface area contributed by atoms with E-state index in [-0.39, 0.29) is 11.9 Å². The lowest BCUT2D eigenvalue weighted by Gasteiger charge is -2.15. The second-order valence-corrected chi connectivity index (χ2v) is 6.48. The van der Waals surface area contributed by atoms with E-state index >= 15 is 0 Å². The predicted octanol–water partition coefficient (Wildman–Crippen LogP) is 4.39. The molecular weight excluding hydrogens is 352 g/mol. The zero-order valence-electron chi connectivity index (χ0n) is 16.5. The molecule has 2 atom stereocenters. The van der Waals surface area contributed by atoms with Gasteiger partial charge in [0.05, 0.1) is 25.0 Å². The number of hydrogen-bond acceptors (Lipinski definition) is 4. The molecule has 0 radical (unpaired) electrons. The van der Waals surface area contributed by atoms with Gasteiger partial charge in [0, 0.05) is 0 Å². The minimum absolute atomic E-state index is 0.287. The Balaban J connectivity index is 2.19. The maximum atomic E-state index is 12.4. The van der Waals surface area contributed by atoms with Crippen LogP contribution in [0.15, 0.2) is 72.8 Å². The van der Waals surface area contributed by atoms with Gasteiger partial charge in [-0.1, -0.05) is 72.8 Å². The maximum Gasteiger partial charge on any atom is 0.313 e. The summed E-state index contributed by atoms with van der Waals surface area (Å²) >= 11 is 0. The molecule has 2 aromatic rings. The second-order valence-electron chi connectivity index (χ2n) is 6.48. The van der Waals surface area contributed by atoms with E-state index < -0.39 is 11.8 Å².